The molecule has 2 aromatic rings. The number of rotatable bonds is 3. The van der Waals surface area contributed by atoms with Crippen molar-refractivity contribution in [2.75, 3.05) is 18.5 Å². The van der Waals surface area contributed by atoms with Gasteiger partial charge in [0.2, 0.25) is 5.91 Å². The number of nitrogens with one attached hydrogen (secondary N) is 1. The predicted molar refractivity (Wildman–Crippen MR) is 98.8 cm³/mol. The van der Waals surface area contributed by atoms with Crippen LogP contribution in [0.25, 0.3) is 6.08 Å². The minimum absolute atomic E-state index is 0.106. The lowest BCUT2D eigenvalue weighted by molar-refractivity contribution is -0.111. The van der Waals surface area contributed by atoms with Gasteiger partial charge in [0.15, 0.2) is 11.5 Å². The van der Waals surface area contributed by atoms with Gasteiger partial charge in [0.05, 0.1) is 23.9 Å². The van der Waals surface area contributed by atoms with Gasteiger partial charge in [-0.2, -0.15) is 0 Å². The van der Waals surface area contributed by atoms with Gasteiger partial charge in [-0.15, -0.1) is 0 Å². The SMILES string of the molecule is O=C(/C=C/c1cc(Cl)c2c(c1)OCCCO2)Nc1ccc(Br)cc1F. The molecule has 1 N–H and O–H groups in total. The zero-order valence-electron chi connectivity index (χ0n) is 13.0. The van der Waals surface area contributed by atoms with Crippen molar-refractivity contribution in [1.82, 2.24) is 0 Å². The van der Waals surface area contributed by atoms with Crippen molar-refractivity contribution in [2.24, 2.45) is 0 Å². The lowest BCUT2D eigenvalue weighted by Gasteiger charge is -2.10. The van der Waals surface area contributed by atoms with Crippen molar-refractivity contribution in [3.05, 3.63) is 57.3 Å². The largest absolute Gasteiger partial charge is 0.489 e. The minimum Gasteiger partial charge on any atom is -0.489 e. The molecule has 0 atom stereocenters. The van der Waals surface area contributed by atoms with Crippen LogP contribution in [0.5, 0.6) is 11.5 Å². The van der Waals surface area contributed by atoms with Crippen LogP contribution in [0.1, 0.15) is 12.0 Å². The van der Waals surface area contributed by atoms with Crippen molar-refractivity contribution in [3.8, 4) is 11.5 Å². The average Bonchev–Trinajstić information content (AvgIpc) is 2.81. The van der Waals surface area contributed by atoms with Crippen LogP contribution in [-0.4, -0.2) is 19.1 Å². The molecule has 0 radical (unpaired) electrons. The monoisotopic (exact) mass is 425 g/mol. The highest BCUT2D eigenvalue weighted by molar-refractivity contribution is 9.10. The van der Waals surface area contributed by atoms with Crippen LogP contribution in [0.3, 0.4) is 0 Å². The van der Waals surface area contributed by atoms with Crippen LogP contribution in [0.4, 0.5) is 10.1 Å². The Labute approximate surface area is 157 Å². The molecule has 1 aliphatic heterocycles. The summed E-state index contributed by atoms with van der Waals surface area (Å²) in [6.07, 6.45) is 3.65. The molecule has 7 heteroatoms. The molecule has 0 aromatic heterocycles. The second-order valence-electron chi connectivity index (χ2n) is 5.33. The fourth-order valence-electron chi connectivity index (χ4n) is 2.28. The van der Waals surface area contributed by atoms with E-state index in [-0.39, 0.29) is 5.69 Å². The van der Waals surface area contributed by atoms with Gasteiger partial charge in [0.1, 0.15) is 5.82 Å². The van der Waals surface area contributed by atoms with Crippen molar-refractivity contribution >= 4 is 45.2 Å². The third-order valence-corrected chi connectivity index (χ3v) is 4.21. The molecule has 1 aliphatic rings. The first-order valence-electron chi connectivity index (χ1n) is 7.56. The minimum atomic E-state index is -0.519. The average molecular weight is 427 g/mol. The number of anilines is 1. The summed E-state index contributed by atoms with van der Waals surface area (Å²) < 4.78 is 25.5. The van der Waals surface area contributed by atoms with E-state index in [0.29, 0.717) is 39.8 Å². The Kier molecular flexibility index (Phi) is 5.60. The Bertz CT molecular complexity index is 841. The van der Waals surface area contributed by atoms with Gasteiger partial charge < -0.3 is 14.8 Å². The zero-order valence-corrected chi connectivity index (χ0v) is 15.4. The normalized spacial score (nSPS) is 13.6. The smallest absolute Gasteiger partial charge is 0.248 e. The molecule has 130 valence electrons. The van der Waals surface area contributed by atoms with Crippen LogP contribution in [-0.2, 0) is 4.79 Å². The van der Waals surface area contributed by atoms with Crippen molar-refractivity contribution < 1.29 is 18.7 Å². The molecule has 0 saturated heterocycles. The van der Waals surface area contributed by atoms with Gasteiger partial charge in [-0.05, 0) is 42.0 Å². The Morgan fingerprint density at radius 1 is 1.24 bits per heavy atom. The molecule has 0 fully saturated rings. The third-order valence-electron chi connectivity index (χ3n) is 3.44. The molecule has 0 spiro atoms. The van der Waals surface area contributed by atoms with Gasteiger partial charge in [-0.25, -0.2) is 4.39 Å². The topological polar surface area (TPSA) is 47.6 Å². The standard InChI is InChI=1S/C18H14BrClFNO3/c19-12-3-4-15(14(21)10-12)22-17(23)5-2-11-8-13(20)18-16(9-11)24-6-1-7-25-18/h2-5,8-10H,1,6-7H2,(H,22,23)/b5-2+. The maximum Gasteiger partial charge on any atom is 0.248 e. The number of hydrogen-bond donors (Lipinski definition) is 1. The quantitative estimate of drug-likeness (QED) is 0.698. The summed E-state index contributed by atoms with van der Waals surface area (Å²) in [6.45, 7) is 1.09. The van der Waals surface area contributed by atoms with E-state index in [4.69, 9.17) is 21.1 Å². The predicted octanol–water partition coefficient (Wildman–Crippen LogP) is 5.05. The van der Waals surface area contributed by atoms with E-state index >= 15 is 0 Å². The van der Waals surface area contributed by atoms with Gasteiger partial charge >= 0.3 is 0 Å². The summed E-state index contributed by atoms with van der Waals surface area (Å²) in [4.78, 5) is 12.0. The van der Waals surface area contributed by atoms with Crippen LogP contribution < -0.4 is 14.8 Å². The van der Waals surface area contributed by atoms with Crippen LogP contribution >= 0.6 is 27.5 Å². The number of fused-ring (bicyclic) bond motifs is 1. The number of hydrogen-bond acceptors (Lipinski definition) is 3. The lowest BCUT2D eigenvalue weighted by Crippen LogP contribution is -2.09. The zero-order chi connectivity index (χ0) is 17.8. The fourth-order valence-corrected chi connectivity index (χ4v) is 2.89. The Morgan fingerprint density at radius 3 is 2.84 bits per heavy atom. The summed E-state index contributed by atoms with van der Waals surface area (Å²) >= 11 is 9.37. The van der Waals surface area contributed by atoms with Gasteiger partial charge in [0.25, 0.3) is 0 Å². The Hall–Kier alpha value is -2.05. The summed E-state index contributed by atoms with van der Waals surface area (Å²) in [5.41, 5.74) is 0.787. The van der Waals surface area contributed by atoms with E-state index in [9.17, 15) is 9.18 Å². The first kappa shape index (κ1) is 17.8. The molecule has 0 unspecified atom stereocenters. The highest BCUT2D eigenvalue weighted by atomic mass is 79.9. The molecule has 0 saturated carbocycles. The van der Waals surface area contributed by atoms with E-state index in [1.807, 2.05) is 0 Å². The maximum absolute atomic E-state index is 13.7. The van der Waals surface area contributed by atoms with Crippen molar-refractivity contribution in [1.29, 1.82) is 0 Å². The van der Waals surface area contributed by atoms with Crippen LogP contribution in [0.15, 0.2) is 40.9 Å². The Morgan fingerprint density at radius 2 is 2.04 bits per heavy atom. The van der Waals surface area contributed by atoms with E-state index < -0.39 is 11.7 Å². The molecule has 0 aliphatic carbocycles. The Balaban J connectivity index is 1.74. The summed E-state index contributed by atoms with van der Waals surface area (Å²) in [5.74, 6) is 0.0842. The van der Waals surface area contributed by atoms with E-state index in [1.54, 1.807) is 24.3 Å². The first-order valence-corrected chi connectivity index (χ1v) is 8.73. The highest BCUT2D eigenvalue weighted by Crippen LogP contribution is 2.38. The number of halogens is 3. The van der Waals surface area contributed by atoms with Crippen molar-refractivity contribution in [3.63, 3.8) is 0 Å². The van der Waals surface area contributed by atoms with E-state index in [2.05, 4.69) is 21.2 Å². The number of amides is 1. The van der Waals surface area contributed by atoms with Gasteiger partial charge in [-0.3, -0.25) is 4.79 Å². The number of carbonyl (C=O) groups is 1. The molecule has 1 heterocycles. The molecular formula is C18H14BrClFNO3. The number of carbonyl (C=O) groups excluding carboxylic acids is 1. The van der Waals surface area contributed by atoms with Crippen LogP contribution in [0, 0.1) is 5.82 Å². The molecule has 3 rings (SSSR count). The molecule has 0 bridgehead atoms. The summed E-state index contributed by atoms with van der Waals surface area (Å²) in [5, 5.41) is 2.90. The van der Waals surface area contributed by atoms with Gasteiger partial charge in [-0.1, -0.05) is 27.5 Å². The maximum atomic E-state index is 13.7. The van der Waals surface area contributed by atoms with E-state index in [1.165, 1.54) is 18.2 Å². The lowest BCUT2D eigenvalue weighted by atomic mass is 10.2. The van der Waals surface area contributed by atoms with Crippen LogP contribution in [0.2, 0.25) is 5.02 Å². The second kappa shape index (κ2) is 7.89. The summed E-state index contributed by atoms with van der Waals surface area (Å²) in [7, 11) is 0. The number of ether oxygens (including phenoxy) is 2. The van der Waals surface area contributed by atoms with E-state index in [0.717, 1.165) is 6.42 Å². The first-order chi connectivity index (χ1) is 12.0. The fraction of sp³-hybridized carbons (Fsp3) is 0.167. The second-order valence-corrected chi connectivity index (χ2v) is 6.65. The van der Waals surface area contributed by atoms with Gasteiger partial charge in [0, 0.05) is 17.0 Å². The molecular weight excluding hydrogens is 413 g/mol. The molecule has 25 heavy (non-hydrogen) atoms. The summed E-state index contributed by atoms with van der Waals surface area (Å²) in [6, 6.07) is 7.83. The molecule has 2 aromatic carbocycles. The third kappa shape index (κ3) is 4.52. The van der Waals surface area contributed by atoms with Crippen molar-refractivity contribution in [2.45, 2.75) is 6.42 Å². The number of benzene rings is 2. The highest BCUT2D eigenvalue weighted by Gasteiger charge is 2.15. The molecule has 1 amide bonds. The molecule has 4 nitrogen and oxygen atoms in total.